The van der Waals surface area contributed by atoms with E-state index in [-0.39, 0.29) is 16.5 Å². The number of methoxy groups -OCH3 is 3. The summed E-state index contributed by atoms with van der Waals surface area (Å²) in [5.41, 5.74) is 0.558. The van der Waals surface area contributed by atoms with E-state index in [1.165, 1.54) is 27.4 Å². The molecule has 7 nitrogen and oxygen atoms in total. The lowest BCUT2D eigenvalue weighted by Gasteiger charge is -2.12. The number of anilines is 1. The molecule has 1 aromatic heterocycles. The maximum absolute atomic E-state index is 12.5. The number of halogens is 3. The number of carbonyl (C=O) groups excluding carboxylic acids is 1. The predicted molar refractivity (Wildman–Crippen MR) is 88.7 cm³/mol. The van der Waals surface area contributed by atoms with Crippen LogP contribution in [-0.2, 0) is 11.0 Å². The summed E-state index contributed by atoms with van der Waals surface area (Å²) in [6.45, 7) is 0. The van der Waals surface area contributed by atoms with Crippen LogP contribution in [0.5, 0.6) is 17.2 Å². The minimum Gasteiger partial charge on any atom is -0.493 e. The zero-order valence-electron chi connectivity index (χ0n) is 13.9. The Hall–Kier alpha value is -2.82. The first kappa shape index (κ1) is 19.5. The van der Waals surface area contributed by atoms with E-state index in [0.29, 0.717) is 22.8 Å². The Bertz CT molecular complexity index is 796. The Balaban J connectivity index is 2.14. The second-order valence-corrected chi connectivity index (χ2v) is 5.67. The Morgan fingerprint density at radius 1 is 1.12 bits per heavy atom. The molecule has 1 amide bonds. The molecular weight excluding hydrogens is 375 g/mol. The molecular formula is C15H14F3N3O4S. The third-order valence-electron chi connectivity index (χ3n) is 3.01. The van der Waals surface area contributed by atoms with Gasteiger partial charge in [-0.2, -0.15) is 13.2 Å². The highest BCUT2D eigenvalue weighted by molar-refractivity contribution is 7.15. The van der Waals surface area contributed by atoms with Crippen LogP contribution in [0.2, 0.25) is 0 Å². The van der Waals surface area contributed by atoms with E-state index in [9.17, 15) is 18.0 Å². The molecule has 1 N–H and O–H groups in total. The Kier molecular flexibility index (Phi) is 6.03. The zero-order chi connectivity index (χ0) is 19.3. The smallest absolute Gasteiger partial charge is 0.445 e. The van der Waals surface area contributed by atoms with E-state index in [1.807, 2.05) is 0 Å². The number of ether oxygens (including phenoxy) is 3. The minimum absolute atomic E-state index is 0.237. The summed E-state index contributed by atoms with van der Waals surface area (Å²) >= 11 is 0.237. The SMILES string of the molecule is COc1cc(C=CC(=O)Nc2nnc(C(F)(F)F)s2)cc(OC)c1OC. The molecule has 1 aromatic carbocycles. The lowest BCUT2D eigenvalue weighted by atomic mass is 10.1. The van der Waals surface area contributed by atoms with Crippen LogP contribution in [0.15, 0.2) is 18.2 Å². The number of aromatic nitrogens is 2. The van der Waals surface area contributed by atoms with Gasteiger partial charge in [0.1, 0.15) is 0 Å². The summed E-state index contributed by atoms with van der Waals surface area (Å²) in [4.78, 5) is 11.8. The highest BCUT2D eigenvalue weighted by Gasteiger charge is 2.35. The van der Waals surface area contributed by atoms with E-state index in [1.54, 1.807) is 12.1 Å². The van der Waals surface area contributed by atoms with Gasteiger partial charge in [-0.05, 0) is 23.8 Å². The van der Waals surface area contributed by atoms with Crippen LogP contribution in [0.3, 0.4) is 0 Å². The van der Waals surface area contributed by atoms with Gasteiger partial charge >= 0.3 is 6.18 Å². The fraction of sp³-hybridized carbons (Fsp3) is 0.267. The van der Waals surface area contributed by atoms with Crippen molar-refractivity contribution in [1.82, 2.24) is 10.2 Å². The van der Waals surface area contributed by atoms with Gasteiger partial charge in [-0.1, -0.05) is 11.3 Å². The quantitative estimate of drug-likeness (QED) is 0.764. The molecule has 26 heavy (non-hydrogen) atoms. The van der Waals surface area contributed by atoms with Gasteiger partial charge in [0.2, 0.25) is 21.8 Å². The number of hydrogen-bond donors (Lipinski definition) is 1. The number of carbonyl (C=O) groups is 1. The van der Waals surface area contributed by atoms with Gasteiger partial charge in [0.05, 0.1) is 21.3 Å². The van der Waals surface area contributed by atoms with Crippen molar-refractivity contribution in [2.45, 2.75) is 6.18 Å². The maximum Gasteiger partial charge on any atom is 0.445 e. The Labute approximate surface area is 150 Å². The molecule has 0 spiro atoms. The van der Waals surface area contributed by atoms with Crippen LogP contribution in [0.25, 0.3) is 6.08 Å². The summed E-state index contributed by atoms with van der Waals surface area (Å²) in [5, 5.41) is 7.09. The van der Waals surface area contributed by atoms with Crippen molar-refractivity contribution in [3.05, 3.63) is 28.8 Å². The molecule has 140 valence electrons. The lowest BCUT2D eigenvalue weighted by Crippen LogP contribution is -2.07. The fourth-order valence-electron chi connectivity index (χ4n) is 1.90. The summed E-state index contributed by atoms with van der Waals surface area (Å²) in [7, 11) is 4.36. The van der Waals surface area contributed by atoms with Crippen LogP contribution in [0.4, 0.5) is 18.3 Å². The molecule has 0 unspecified atom stereocenters. The Morgan fingerprint density at radius 3 is 2.19 bits per heavy atom. The van der Waals surface area contributed by atoms with Crippen LogP contribution in [0, 0.1) is 0 Å². The molecule has 0 aliphatic rings. The summed E-state index contributed by atoms with van der Waals surface area (Å²) in [6.07, 6.45) is -2.03. The highest BCUT2D eigenvalue weighted by Crippen LogP contribution is 2.38. The number of nitrogens with one attached hydrogen (secondary N) is 1. The van der Waals surface area contributed by atoms with Crippen molar-refractivity contribution in [3.8, 4) is 17.2 Å². The van der Waals surface area contributed by atoms with Crippen LogP contribution >= 0.6 is 11.3 Å². The van der Waals surface area contributed by atoms with Crippen molar-refractivity contribution < 1.29 is 32.2 Å². The lowest BCUT2D eigenvalue weighted by molar-refractivity contribution is -0.138. The first-order valence-corrected chi connectivity index (χ1v) is 7.80. The predicted octanol–water partition coefficient (Wildman–Crippen LogP) is 3.23. The number of hydrogen-bond acceptors (Lipinski definition) is 7. The van der Waals surface area contributed by atoms with Crippen LogP contribution < -0.4 is 19.5 Å². The third kappa shape index (κ3) is 4.63. The molecule has 0 atom stereocenters. The largest absolute Gasteiger partial charge is 0.493 e. The van der Waals surface area contributed by atoms with E-state index in [2.05, 4.69) is 15.5 Å². The summed E-state index contributed by atoms with van der Waals surface area (Å²) < 4.78 is 53.0. The van der Waals surface area contributed by atoms with Crippen molar-refractivity contribution >= 4 is 28.5 Å². The third-order valence-corrected chi connectivity index (χ3v) is 3.90. The average Bonchev–Trinajstić information content (AvgIpc) is 3.07. The standard InChI is InChI=1S/C15H14F3N3O4S/c1-23-9-6-8(7-10(24-2)12(9)25-3)4-5-11(22)19-14-21-20-13(26-14)15(16,17)18/h4-7H,1-3H3,(H,19,21,22). The normalized spacial score (nSPS) is 11.5. The van der Waals surface area contributed by atoms with E-state index >= 15 is 0 Å². The number of nitrogens with zero attached hydrogens (tertiary/aromatic N) is 2. The first-order valence-electron chi connectivity index (χ1n) is 6.98. The molecule has 11 heteroatoms. The minimum atomic E-state index is -4.60. The van der Waals surface area contributed by atoms with E-state index in [4.69, 9.17) is 14.2 Å². The van der Waals surface area contributed by atoms with Gasteiger partial charge in [0.15, 0.2) is 11.5 Å². The number of alkyl halides is 3. The maximum atomic E-state index is 12.5. The van der Waals surface area contributed by atoms with E-state index < -0.39 is 17.1 Å². The van der Waals surface area contributed by atoms with Gasteiger partial charge in [0, 0.05) is 6.08 Å². The first-order chi connectivity index (χ1) is 12.3. The molecule has 1 heterocycles. The van der Waals surface area contributed by atoms with Crippen molar-refractivity contribution in [1.29, 1.82) is 0 Å². The molecule has 0 radical (unpaired) electrons. The summed E-state index contributed by atoms with van der Waals surface area (Å²) in [6, 6.07) is 3.22. The van der Waals surface area contributed by atoms with Gasteiger partial charge in [-0.15, -0.1) is 10.2 Å². The van der Waals surface area contributed by atoms with Gasteiger partial charge < -0.3 is 14.2 Å². The van der Waals surface area contributed by atoms with Crippen molar-refractivity contribution in [3.63, 3.8) is 0 Å². The highest BCUT2D eigenvalue weighted by atomic mass is 32.1. The van der Waals surface area contributed by atoms with Crippen molar-refractivity contribution in [2.24, 2.45) is 0 Å². The number of amides is 1. The fourth-order valence-corrected chi connectivity index (χ4v) is 2.52. The molecule has 2 aromatic rings. The molecule has 0 bridgehead atoms. The average molecular weight is 389 g/mol. The molecule has 0 saturated heterocycles. The summed E-state index contributed by atoms with van der Waals surface area (Å²) in [5.74, 6) is 0.519. The van der Waals surface area contributed by atoms with E-state index in [0.717, 1.165) is 6.08 Å². The van der Waals surface area contributed by atoms with Crippen LogP contribution in [0.1, 0.15) is 10.6 Å². The topological polar surface area (TPSA) is 82.6 Å². The second kappa shape index (κ2) is 8.04. The molecule has 0 aliphatic heterocycles. The van der Waals surface area contributed by atoms with Gasteiger partial charge in [0.25, 0.3) is 0 Å². The second-order valence-electron chi connectivity index (χ2n) is 4.69. The Morgan fingerprint density at radius 2 is 1.73 bits per heavy atom. The van der Waals surface area contributed by atoms with Crippen molar-refractivity contribution in [2.75, 3.05) is 26.6 Å². The van der Waals surface area contributed by atoms with Crippen LogP contribution in [-0.4, -0.2) is 37.4 Å². The molecule has 0 saturated carbocycles. The molecule has 0 fully saturated rings. The van der Waals surface area contributed by atoms with Gasteiger partial charge in [-0.3, -0.25) is 10.1 Å². The monoisotopic (exact) mass is 389 g/mol. The molecule has 0 aliphatic carbocycles. The van der Waals surface area contributed by atoms with Gasteiger partial charge in [-0.25, -0.2) is 0 Å². The number of rotatable bonds is 6. The number of benzene rings is 1. The zero-order valence-corrected chi connectivity index (χ0v) is 14.7. The molecule has 2 rings (SSSR count).